The van der Waals surface area contributed by atoms with Gasteiger partial charge in [0.15, 0.2) is 0 Å². The monoisotopic (exact) mass is 490 g/mol. The van der Waals surface area contributed by atoms with E-state index in [1.807, 2.05) is 0 Å². The minimum absolute atomic E-state index is 0.0366. The Balaban J connectivity index is 1.73. The van der Waals surface area contributed by atoms with Crippen LogP contribution in [-0.4, -0.2) is 48.0 Å². The molecular weight excluding hydrogens is 472 g/mol. The number of rotatable bonds is 7. The average Bonchev–Trinajstić information content (AvgIpc) is 3.12. The number of amides is 2. The number of hydrogen-bond donors (Lipinski definition) is 0. The molecule has 0 bridgehead atoms. The molecule has 2 atom stereocenters. The number of imide groups is 1. The van der Waals surface area contributed by atoms with Gasteiger partial charge in [-0.2, -0.15) is 0 Å². The topological polar surface area (TPSA) is 142 Å². The van der Waals surface area contributed by atoms with Crippen molar-refractivity contribution in [3.8, 4) is 5.75 Å². The van der Waals surface area contributed by atoms with Crippen molar-refractivity contribution in [3.05, 3.63) is 100 Å². The van der Waals surface area contributed by atoms with Crippen molar-refractivity contribution in [1.82, 2.24) is 0 Å². The maximum absolute atomic E-state index is 13.4. The lowest BCUT2D eigenvalue weighted by atomic mass is 10.2. The summed E-state index contributed by atoms with van der Waals surface area (Å²) in [6.07, 6.45) is -3.69. The van der Waals surface area contributed by atoms with Crippen molar-refractivity contribution < 1.29 is 38.3 Å². The summed E-state index contributed by atoms with van der Waals surface area (Å²) in [5, 5.41) is 11.3. The molecular formula is C25H18N2O9. The van der Waals surface area contributed by atoms with Gasteiger partial charge in [-0.15, -0.1) is 0 Å². The van der Waals surface area contributed by atoms with Crippen LogP contribution < -0.4 is 9.64 Å². The maximum atomic E-state index is 13.4. The van der Waals surface area contributed by atoms with E-state index in [1.54, 1.807) is 36.4 Å². The number of ether oxygens (including phenoxy) is 3. The van der Waals surface area contributed by atoms with Crippen LogP contribution in [0, 0.1) is 10.1 Å². The highest BCUT2D eigenvalue weighted by Gasteiger charge is 2.54. The lowest BCUT2D eigenvalue weighted by Crippen LogP contribution is -2.37. The van der Waals surface area contributed by atoms with E-state index in [1.165, 1.54) is 37.4 Å². The first-order chi connectivity index (χ1) is 17.3. The molecule has 0 saturated carbocycles. The van der Waals surface area contributed by atoms with Gasteiger partial charge in [0, 0.05) is 12.1 Å². The predicted octanol–water partition coefficient (Wildman–Crippen LogP) is 2.93. The Morgan fingerprint density at radius 1 is 0.806 bits per heavy atom. The number of nitrogens with zero attached hydrogens (tertiary/aromatic N) is 2. The second-order valence-electron chi connectivity index (χ2n) is 7.51. The summed E-state index contributed by atoms with van der Waals surface area (Å²) in [6.45, 7) is 0. The first kappa shape index (κ1) is 24.1. The van der Waals surface area contributed by atoms with Gasteiger partial charge < -0.3 is 14.2 Å². The molecule has 36 heavy (non-hydrogen) atoms. The van der Waals surface area contributed by atoms with E-state index in [-0.39, 0.29) is 22.6 Å². The molecule has 1 aliphatic rings. The Bertz CT molecular complexity index is 1270. The third kappa shape index (κ3) is 4.62. The van der Waals surface area contributed by atoms with E-state index < -0.39 is 46.6 Å². The zero-order valence-electron chi connectivity index (χ0n) is 18.7. The molecule has 1 heterocycles. The van der Waals surface area contributed by atoms with Crippen LogP contribution in [0.1, 0.15) is 20.7 Å². The van der Waals surface area contributed by atoms with Crippen LogP contribution in [0.5, 0.6) is 5.75 Å². The number of carbonyl (C=O) groups is 4. The van der Waals surface area contributed by atoms with Crippen LogP contribution in [0.15, 0.2) is 78.9 Å². The van der Waals surface area contributed by atoms with E-state index in [0.717, 1.165) is 12.1 Å². The highest BCUT2D eigenvalue weighted by atomic mass is 16.6. The van der Waals surface area contributed by atoms with Gasteiger partial charge in [-0.1, -0.05) is 36.4 Å². The maximum Gasteiger partial charge on any atom is 0.339 e. The largest absolute Gasteiger partial charge is 0.495 e. The molecule has 4 rings (SSSR count). The standard InChI is InChI=1S/C25H18N2O9/c1-34-19-13-12-17(27(32)33)14-18(19)26-22(28)20(35-24(30)15-8-4-2-5-9-15)21(23(26)29)36-25(31)16-10-6-3-7-11-16/h2-14,20-21H,1H3/t20-,21-/m1/s1. The fraction of sp³-hybridized carbons (Fsp3) is 0.120. The van der Waals surface area contributed by atoms with E-state index in [2.05, 4.69) is 0 Å². The SMILES string of the molecule is COc1ccc([N+](=O)[O-])cc1N1C(=O)[C@H](OC(=O)c2ccccc2)[C@@H](OC(=O)c2ccccc2)C1=O. The Hall–Kier alpha value is -5.06. The molecule has 1 fully saturated rings. The summed E-state index contributed by atoms with van der Waals surface area (Å²) in [5.74, 6) is -4.03. The molecule has 1 saturated heterocycles. The summed E-state index contributed by atoms with van der Waals surface area (Å²) in [5.41, 5.74) is -0.496. The minimum Gasteiger partial charge on any atom is -0.495 e. The van der Waals surface area contributed by atoms with E-state index in [0.29, 0.717) is 4.90 Å². The van der Waals surface area contributed by atoms with Crippen LogP contribution in [0.3, 0.4) is 0 Å². The molecule has 0 unspecified atom stereocenters. The Labute approximate surface area is 203 Å². The Morgan fingerprint density at radius 3 is 1.69 bits per heavy atom. The lowest BCUT2D eigenvalue weighted by Gasteiger charge is -2.17. The van der Waals surface area contributed by atoms with Crippen molar-refractivity contribution in [2.24, 2.45) is 0 Å². The van der Waals surface area contributed by atoms with Crippen LogP contribution >= 0.6 is 0 Å². The number of anilines is 1. The first-order valence-corrected chi connectivity index (χ1v) is 10.5. The van der Waals surface area contributed by atoms with Gasteiger partial charge in [-0.3, -0.25) is 19.7 Å². The third-order valence-electron chi connectivity index (χ3n) is 5.30. The number of esters is 2. The van der Waals surface area contributed by atoms with Crippen LogP contribution in [0.4, 0.5) is 11.4 Å². The van der Waals surface area contributed by atoms with Crippen LogP contribution in [0.2, 0.25) is 0 Å². The summed E-state index contributed by atoms with van der Waals surface area (Å²) in [6, 6.07) is 18.7. The number of hydrogen-bond acceptors (Lipinski definition) is 9. The third-order valence-corrected chi connectivity index (χ3v) is 5.30. The van der Waals surface area contributed by atoms with Crippen LogP contribution in [0.25, 0.3) is 0 Å². The molecule has 0 aromatic heterocycles. The first-order valence-electron chi connectivity index (χ1n) is 10.5. The summed E-state index contributed by atoms with van der Waals surface area (Å²) in [7, 11) is 1.25. The predicted molar refractivity (Wildman–Crippen MR) is 123 cm³/mol. The van der Waals surface area contributed by atoms with Crippen molar-refractivity contribution in [1.29, 1.82) is 0 Å². The lowest BCUT2D eigenvalue weighted by molar-refractivity contribution is -0.384. The molecule has 11 nitrogen and oxygen atoms in total. The number of non-ortho nitro benzene ring substituents is 1. The highest BCUT2D eigenvalue weighted by molar-refractivity contribution is 6.26. The number of nitro groups is 1. The molecule has 182 valence electrons. The van der Waals surface area contributed by atoms with E-state index in [9.17, 15) is 29.3 Å². The van der Waals surface area contributed by atoms with Crippen molar-refractivity contribution in [3.63, 3.8) is 0 Å². The summed E-state index contributed by atoms with van der Waals surface area (Å²) in [4.78, 5) is 63.3. The van der Waals surface area contributed by atoms with Gasteiger partial charge in [-0.05, 0) is 30.3 Å². The van der Waals surface area contributed by atoms with Crippen molar-refractivity contribution >= 4 is 35.1 Å². The number of carbonyl (C=O) groups excluding carboxylic acids is 4. The molecule has 1 aliphatic heterocycles. The minimum atomic E-state index is -1.85. The molecule has 11 heteroatoms. The molecule has 3 aromatic carbocycles. The van der Waals surface area contributed by atoms with Gasteiger partial charge in [-0.25, -0.2) is 14.5 Å². The molecule has 0 spiro atoms. The fourth-order valence-corrected chi connectivity index (χ4v) is 3.57. The van der Waals surface area contributed by atoms with Crippen molar-refractivity contribution in [2.75, 3.05) is 12.0 Å². The normalized spacial score (nSPS) is 17.0. The quantitative estimate of drug-likeness (QED) is 0.211. The van der Waals surface area contributed by atoms with E-state index >= 15 is 0 Å². The second kappa shape index (κ2) is 10.1. The van der Waals surface area contributed by atoms with Crippen molar-refractivity contribution in [2.45, 2.75) is 12.2 Å². The molecule has 3 aromatic rings. The Morgan fingerprint density at radius 2 is 1.28 bits per heavy atom. The summed E-state index contributed by atoms with van der Waals surface area (Å²) < 4.78 is 15.8. The second-order valence-corrected chi connectivity index (χ2v) is 7.51. The number of benzene rings is 3. The smallest absolute Gasteiger partial charge is 0.339 e. The van der Waals surface area contributed by atoms with Crippen LogP contribution in [-0.2, 0) is 19.1 Å². The molecule has 0 radical (unpaired) electrons. The van der Waals surface area contributed by atoms with Gasteiger partial charge in [0.1, 0.15) is 11.4 Å². The van der Waals surface area contributed by atoms with Gasteiger partial charge >= 0.3 is 11.9 Å². The summed E-state index contributed by atoms with van der Waals surface area (Å²) >= 11 is 0. The highest BCUT2D eigenvalue weighted by Crippen LogP contribution is 2.37. The zero-order chi connectivity index (χ0) is 25.8. The number of nitro benzene ring substituents is 1. The molecule has 0 aliphatic carbocycles. The van der Waals surface area contributed by atoms with Gasteiger partial charge in [0.05, 0.1) is 23.2 Å². The van der Waals surface area contributed by atoms with Gasteiger partial charge in [0.25, 0.3) is 17.5 Å². The zero-order valence-corrected chi connectivity index (χ0v) is 18.7. The van der Waals surface area contributed by atoms with Gasteiger partial charge in [0.2, 0.25) is 12.2 Å². The average molecular weight is 490 g/mol. The molecule has 2 amide bonds. The Kier molecular flexibility index (Phi) is 6.72. The van der Waals surface area contributed by atoms with E-state index in [4.69, 9.17) is 14.2 Å². The molecule has 0 N–H and O–H groups in total. The number of methoxy groups -OCH3 is 1. The fourth-order valence-electron chi connectivity index (χ4n) is 3.57.